The van der Waals surface area contributed by atoms with Crippen LogP contribution in [-0.4, -0.2) is 29.0 Å². The molecule has 1 aliphatic heterocycles. The van der Waals surface area contributed by atoms with Gasteiger partial charge in [0.25, 0.3) is 0 Å². The molecule has 1 aliphatic rings. The molecule has 0 spiro atoms. The Kier molecular flexibility index (Phi) is 3.07. The number of carbonyl (C=O) groups excluding carboxylic acids is 2. The summed E-state index contributed by atoms with van der Waals surface area (Å²) in [5, 5.41) is 0. The van der Waals surface area contributed by atoms with E-state index in [9.17, 15) is 9.59 Å². The van der Waals surface area contributed by atoms with Crippen molar-refractivity contribution in [1.82, 2.24) is 4.98 Å². The number of anilines is 1. The Balaban J connectivity index is 2.29. The number of hydrogen-bond acceptors (Lipinski definition) is 4. The van der Waals surface area contributed by atoms with E-state index >= 15 is 0 Å². The molecule has 0 aliphatic carbocycles. The van der Waals surface area contributed by atoms with Gasteiger partial charge in [-0.3, -0.25) is 9.69 Å². The van der Waals surface area contributed by atoms with Crippen molar-refractivity contribution in [2.45, 2.75) is 32.8 Å². The Morgan fingerprint density at radius 1 is 1.44 bits per heavy atom. The quantitative estimate of drug-likeness (QED) is 0.707. The van der Waals surface area contributed by atoms with Gasteiger partial charge in [0.05, 0.1) is 5.56 Å². The number of carbonyl (C=O) groups is 2. The summed E-state index contributed by atoms with van der Waals surface area (Å²) in [5.74, 6) is 0.404. The van der Waals surface area contributed by atoms with Gasteiger partial charge in [0.1, 0.15) is 11.4 Å². The van der Waals surface area contributed by atoms with Crippen LogP contribution >= 0.6 is 0 Å². The summed E-state index contributed by atoms with van der Waals surface area (Å²) in [7, 11) is 0. The first-order valence-electron chi connectivity index (χ1n) is 5.87. The normalized spacial score (nSPS) is 15.3. The topological polar surface area (TPSA) is 59.5 Å². The van der Waals surface area contributed by atoms with Gasteiger partial charge in [-0.15, -0.1) is 0 Å². The molecule has 2 heterocycles. The van der Waals surface area contributed by atoms with Crippen LogP contribution in [0.2, 0.25) is 0 Å². The van der Waals surface area contributed by atoms with Crippen LogP contribution in [-0.2, 0) is 4.74 Å². The second kappa shape index (κ2) is 4.40. The van der Waals surface area contributed by atoms with Crippen LogP contribution in [0.15, 0.2) is 18.3 Å². The maximum atomic E-state index is 12.0. The van der Waals surface area contributed by atoms with E-state index in [2.05, 4.69) is 4.98 Å². The molecule has 5 heteroatoms. The van der Waals surface area contributed by atoms with Gasteiger partial charge in [0, 0.05) is 19.2 Å². The monoisotopic (exact) mass is 248 g/mol. The van der Waals surface area contributed by atoms with Gasteiger partial charge in [0.15, 0.2) is 5.78 Å². The summed E-state index contributed by atoms with van der Waals surface area (Å²) in [6, 6.07) is 3.37. The van der Waals surface area contributed by atoms with E-state index in [0.717, 1.165) is 0 Å². The van der Waals surface area contributed by atoms with E-state index in [0.29, 0.717) is 24.3 Å². The van der Waals surface area contributed by atoms with Crippen molar-refractivity contribution in [3.05, 3.63) is 23.9 Å². The summed E-state index contributed by atoms with van der Waals surface area (Å²) in [6.45, 7) is 5.73. The van der Waals surface area contributed by atoms with Crippen molar-refractivity contribution in [1.29, 1.82) is 0 Å². The van der Waals surface area contributed by atoms with E-state index in [-0.39, 0.29) is 5.78 Å². The molecule has 2 rings (SSSR count). The molecular weight excluding hydrogens is 232 g/mol. The zero-order valence-electron chi connectivity index (χ0n) is 10.8. The lowest BCUT2D eigenvalue weighted by Crippen LogP contribution is -2.41. The van der Waals surface area contributed by atoms with Crippen LogP contribution in [0, 0.1) is 0 Å². The van der Waals surface area contributed by atoms with Crippen LogP contribution in [0.3, 0.4) is 0 Å². The first-order chi connectivity index (χ1) is 8.38. The Bertz CT molecular complexity index is 491. The number of pyridine rings is 1. The number of Topliss-reactive ketones (excluding diaryl/α,β-unsaturated/α-hetero) is 1. The van der Waals surface area contributed by atoms with Crippen molar-refractivity contribution in [3.8, 4) is 0 Å². The Hall–Kier alpha value is -1.91. The van der Waals surface area contributed by atoms with Crippen LogP contribution < -0.4 is 4.90 Å². The van der Waals surface area contributed by atoms with E-state index in [4.69, 9.17) is 4.74 Å². The van der Waals surface area contributed by atoms with Crippen LogP contribution in [0.5, 0.6) is 0 Å². The summed E-state index contributed by atoms with van der Waals surface area (Å²) in [5.41, 5.74) is -0.0809. The summed E-state index contributed by atoms with van der Waals surface area (Å²) in [6.07, 6.45) is 1.40. The lowest BCUT2D eigenvalue weighted by atomic mass is 10.0. The van der Waals surface area contributed by atoms with Gasteiger partial charge in [0.2, 0.25) is 0 Å². The van der Waals surface area contributed by atoms with Gasteiger partial charge in [-0.25, -0.2) is 9.78 Å². The molecule has 0 aromatic carbocycles. The summed E-state index contributed by atoms with van der Waals surface area (Å²) in [4.78, 5) is 29.3. The summed E-state index contributed by atoms with van der Waals surface area (Å²) >= 11 is 0. The van der Waals surface area contributed by atoms with E-state index in [1.165, 1.54) is 4.90 Å². The summed E-state index contributed by atoms with van der Waals surface area (Å²) < 4.78 is 5.30. The predicted molar refractivity (Wildman–Crippen MR) is 66.8 cm³/mol. The highest BCUT2D eigenvalue weighted by Gasteiger charge is 2.31. The van der Waals surface area contributed by atoms with E-state index < -0.39 is 11.7 Å². The lowest BCUT2D eigenvalue weighted by molar-refractivity contribution is 0.0576. The standard InChI is InChI=1S/C13H16N2O3/c1-13(2,3)18-12(17)15-8-6-10(16)9-5-4-7-14-11(9)15/h4-5,7H,6,8H2,1-3H3. The van der Waals surface area contributed by atoms with Crippen LogP contribution in [0.4, 0.5) is 10.6 Å². The van der Waals surface area contributed by atoms with E-state index in [1.54, 1.807) is 39.1 Å². The fraction of sp³-hybridized carbons (Fsp3) is 0.462. The SMILES string of the molecule is CC(C)(C)OC(=O)N1CCC(=O)c2cccnc21. The van der Waals surface area contributed by atoms with Gasteiger partial charge >= 0.3 is 6.09 Å². The average Bonchev–Trinajstić information content (AvgIpc) is 2.27. The highest BCUT2D eigenvalue weighted by Crippen LogP contribution is 2.25. The molecule has 0 radical (unpaired) electrons. The molecule has 18 heavy (non-hydrogen) atoms. The number of amides is 1. The van der Waals surface area contributed by atoms with Gasteiger partial charge in [-0.05, 0) is 32.9 Å². The fourth-order valence-electron chi connectivity index (χ4n) is 1.78. The zero-order valence-corrected chi connectivity index (χ0v) is 10.8. The van der Waals surface area contributed by atoms with Gasteiger partial charge in [-0.1, -0.05) is 0 Å². The van der Waals surface area contributed by atoms with E-state index in [1.807, 2.05) is 0 Å². The molecule has 0 atom stereocenters. The Morgan fingerprint density at radius 2 is 2.17 bits per heavy atom. The molecule has 0 saturated carbocycles. The number of ketones is 1. The van der Waals surface area contributed by atoms with Gasteiger partial charge in [-0.2, -0.15) is 0 Å². The first-order valence-corrected chi connectivity index (χ1v) is 5.87. The third-order valence-electron chi connectivity index (χ3n) is 2.52. The number of ether oxygens (including phenoxy) is 1. The smallest absolute Gasteiger partial charge is 0.416 e. The molecule has 1 amide bonds. The number of hydrogen-bond donors (Lipinski definition) is 0. The third kappa shape index (κ3) is 2.50. The predicted octanol–water partition coefficient (Wildman–Crippen LogP) is 2.41. The maximum Gasteiger partial charge on any atom is 0.416 e. The minimum absolute atomic E-state index is 0.0120. The molecule has 0 N–H and O–H groups in total. The van der Waals surface area contributed by atoms with Crippen LogP contribution in [0.1, 0.15) is 37.6 Å². The van der Waals surface area contributed by atoms with Crippen LogP contribution in [0.25, 0.3) is 0 Å². The maximum absolute atomic E-state index is 12.0. The molecular formula is C13H16N2O3. The number of rotatable bonds is 0. The first kappa shape index (κ1) is 12.5. The van der Waals surface area contributed by atoms with Crippen molar-refractivity contribution in [3.63, 3.8) is 0 Å². The second-order valence-electron chi connectivity index (χ2n) is 5.18. The highest BCUT2D eigenvalue weighted by atomic mass is 16.6. The second-order valence-corrected chi connectivity index (χ2v) is 5.18. The fourth-order valence-corrected chi connectivity index (χ4v) is 1.78. The minimum Gasteiger partial charge on any atom is -0.443 e. The largest absolute Gasteiger partial charge is 0.443 e. The third-order valence-corrected chi connectivity index (χ3v) is 2.52. The average molecular weight is 248 g/mol. The molecule has 96 valence electrons. The van der Waals surface area contributed by atoms with Gasteiger partial charge < -0.3 is 4.74 Å². The van der Waals surface area contributed by atoms with Crippen molar-refractivity contribution in [2.75, 3.05) is 11.4 Å². The van der Waals surface area contributed by atoms with Crippen molar-refractivity contribution in [2.24, 2.45) is 0 Å². The molecule has 1 aromatic rings. The highest BCUT2D eigenvalue weighted by molar-refractivity contribution is 6.06. The van der Waals surface area contributed by atoms with Crippen molar-refractivity contribution < 1.29 is 14.3 Å². The minimum atomic E-state index is -0.562. The Morgan fingerprint density at radius 3 is 2.83 bits per heavy atom. The Labute approximate surface area is 106 Å². The lowest BCUT2D eigenvalue weighted by Gasteiger charge is -2.29. The molecule has 5 nitrogen and oxygen atoms in total. The number of nitrogens with zero attached hydrogens (tertiary/aromatic N) is 2. The molecule has 0 bridgehead atoms. The molecule has 0 saturated heterocycles. The number of aromatic nitrogens is 1. The zero-order chi connectivity index (χ0) is 13.3. The molecule has 0 fully saturated rings. The number of fused-ring (bicyclic) bond motifs is 1. The van der Waals surface area contributed by atoms with Crippen molar-refractivity contribution >= 4 is 17.7 Å². The molecule has 1 aromatic heterocycles. The molecule has 0 unspecified atom stereocenters.